The van der Waals surface area contributed by atoms with Crippen LogP contribution in [-0.4, -0.2) is 28.1 Å². The molecule has 1 heterocycles. The number of nitrogens with zero attached hydrogens (tertiary/aromatic N) is 2. The van der Waals surface area contributed by atoms with E-state index in [4.69, 9.17) is 0 Å². The number of hydrogen-bond donors (Lipinski definition) is 2. The van der Waals surface area contributed by atoms with Crippen LogP contribution in [0.4, 0.5) is 9.52 Å². The van der Waals surface area contributed by atoms with E-state index in [2.05, 4.69) is 20.8 Å². The van der Waals surface area contributed by atoms with Gasteiger partial charge in [0.2, 0.25) is 10.1 Å². The van der Waals surface area contributed by atoms with Crippen LogP contribution in [0, 0.1) is 5.82 Å². The molecule has 6 nitrogen and oxygen atoms in total. The zero-order valence-corrected chi connectivity index (χ0v) is 13.6. The molecule has 0 aliphatic carbocycles. The summed E-state index contributed by atoms with van der Waals surface area (Å²) >= 11 is 0.971. The Morgan fingerprint density at radius 3 is 2.61 bits per heavy atom. The van der Waals surface area contributed by atoms with Crippen molar-refractivity contribution in [3.8, 4) is 0 Å². The van der Waals surface area contributed by atoms with Crippen LogP contribution in [0.2, 0.25) is 0 Å². The van der Waals surface area contributed by atoms with E-state index in [-0.39, 0.29) is 27.7 Å². The molecule has 8 heteroatoms. The summed E-state index contributed by atoms with van der Waals surface area (Å²) in [5.74, 6) is -1.32. The van der Waals surface area contributed by atoms with Gasteiger partial charge in [0.05, 0.1) is 0 Å². The van der Waals surface area contributed by atoms with Gasteiger partial charge in [0, 0.05) is 11.6 Å². The van der Waals surface area contributed by atoms with E-state index in [1.807, 2.05) is 13.8 Å². The Morgan fingerprint density at radius 2 is 1.96 bits per heavy atom. The van der Waals surface area contributed by atoms with Crippen molar-refractivity contribution in [2.75, 3.05) is 5.32 Å². The molecule has 0 spiro atoms. The van der Waals surface area contributed by atoms with Crippen molar-refractivity contribution in [2.45, 2.75) is 32.7 Å². The number of hydrogen-bond acceptors (Lipinski definition) is 5. The Kier molecular flexibility index (Phi) is 5.75. The number of amides is 2. The quantitative estimate of drug-likeness (QED) is 0.849. The summed E-state index contributed by atoms with van der Waals surface area (Å²) in [6.45, 7) is 3.97. The van der Waals surface area contributed by atoms with E-state index >= 15 is 0 Å². The van der Waals surface area contributed by atoms with Crippen LogP contribution in [0.15, 0.2) is 24.3 Å². The highest BCUT2D eigenvalue weighted by Crippen LogP contribution is 2.17. The SMILES string of the molecule is CCC(CC)NC(=O)c1nnc(NC(=O)c2cccc(F)c2)s1. The molecule has 0 saturated heterocycles. The maximum Gasteiger partial charge on any atom is 0.282 e. The normalized spacial score (nSPS) is 10.6. The Labute approximate surface area is 137 Å². The topological polar surface area (TPSA) is 84.0 Å². The third-order valence-corrected chi connectivity index (χ3v) is 4.08. The fraction of sp³-hybridized carbons (Fsp3) is 0.333. The molecule has 0 aliphatic rings. The lowest BCUT2D eigenvalue weighted by molar-refractivity contribution is 0.0933. The van der Waals surface area contributed by atoms with Gasteiger partial charge in [0.1, 0.15) is 5.82 Å². The number of carbonyl (C=O) groups is 2. The lowest BCUT2D eigenvalue weighted by Gasteiger charge is -2.12. The van der Waals surface area contributed by atoms with Crippen LogP contribution in [0.25, 0.3) is 0 Å². The summed E-state index contributed by atoms with van der Waals surface area (Å²) in [6.07, 6.45) is 1.65. The van der Waals surface area contributed by atoms with Gasteiger partial charge >= 0.3 is 0 Å². The van der Waals surface area contributed by atoms with E-state index in [1.165, 1.54) is 18.2 Å². The maximum absolute atomic E-state index is 13.1. The van der Waals surface area contributed by atoms with E-state index in [0.717, 1.165) is 30.2 Å². The number of anilines is 1. The molecule has 2 amide bonds. The predicted octanol–water partition coefficient (Wildman–Crippen LogP) is 2.85. The Bertz CT molecular complexity index is 700. The molecule has 0 atom stereocenters. The molecule has 2 N–H and O–H groups in total. The highest BCUT2D eigenvalue weighted by atomic mass is 32.1. The fourth-order valence-electron chi connectivity index (χ4n) is 1.90. The number of benzene rings is 1. The van der Waals surface area contributed by atoms with Crippen LogP contribution < -0.4 is 10.6 Å². The van der Waals surface area contributed by atoms with Crippen LogP contribution in [0.5, 0.6) is 0 Å². The predicted molar refractivity (Wildman–Crippen MR) is 86.1 cm³/mol. The number of carbonyl (C=O) groups excluding carboxylic acids is 2. The maximum atomic E-state index is 13.1. The number of nitrogens with one attached hydrogen (secondary N) is 2. The lowest BCUT2D eigenvalue weighted by atomic mass is 10.2. The van der Waals surface area contributed by atoms with Crippen molar-refractivity contribution in [2.24, 2.45) is 0 Å². The third kappa shape index (κ3) is 4.56. The molecule has 2 rings (SSSR count). The molecule has 0 fully saturated rings. The summed E-state index contributed by atoms with van der Waals surface area (Å²) in [5, 5.41) is 13.2. The zero-order chi connectivity index (χ0) is 16.8. The Balaban J connectivity index is 2.02. The van der Waals surface area contributed by atoms with Gasteiger partial charge < -0.3 is 5.32 Å². The average molecular weight is 336 g/mol. The highest BCUT2D eigenvalue weighted by Gasteiger charge is 2.17. The van der Waals surface area contributed by atoms with E-state index in [1.54, 1.807) is 0 Å². The van der Waals surface area contributed by atoms with Crippen molar-refractivity contribution < 1.29 is 14.0 Å². The number of rotatable bonds is 6. The molecule has 0 radical (unpaired) electrons. The van der Waals surface area contributed by atoms with Crippen LogP contribution in [-0.2, 0) is 0 Å². The standard InChI is InChI=1S/C15H17FN4O2S/c1-3-11(4-2)17-13(22)14-19-20-15(23-14)18-12(21)9-6-5-7-10(16)8-9/h5-8,11H,3-4H2,1-2H3,(H,17,22)(H,18,20,21). The van der Waals surface area contributed by atoms with E-state index in [9.17, 15) is 14.0 Å². The minimum absolute atomic E-state index is 0.0803. The molecule has 0 unspecified atom stereocenters. The molecule has 1 aromatic heterocycles. The van der Waals surface area contributed by atoms with Crippen molar-refractivity contribution in [1.29, 1.82) is 0 Å². The van der Waals surface area contributed by atoms with Gasteiger partial charge in [-0.1, -0.05) is 31.3 Å². The largest absolute Gasteiger partial charge is 0.347 e. The molecule has 0 bridgehead atoms. The van der Waals surface area contributed by atoms with Crippen molar-refractivity contribution in [3.05, 3.63) is 40.7 Å². The summed E-state index contributed by atoms with van der Waals surface area (Å²) in [6, 6.07) is 5.38. The minimum atomic E-state index is -0.507. The lowest BCUT2D eigenvalue weighted by Crippen LogP contribution is -2.33. The second-order valence-corrected chi connectivity index (χ2v) is 5.84. The number of aromatic nitrogens is 2. The number of halogens is 1. The second kappa shape index (κ2) is 7.77. The van der Waals surface area contributed by atoms with Crippen LogP contribution >= 0.6 is 11.3 Å². The molecule has 0 aliphatic heterocycles. The zero-order valence-electron chi connectivity index (χ0n) is 12.8. The summed E-state index contributed by atoms with van der Waals surface area (Å²) < 4.78 is 13.1. The van der Waals surface area contributed by atoms with Gasteiger partial charge in [-0.05, 0) is 31.0 Å². The minimum Gasteiger partial charge on any atom is -0.347 e. The molecular formula is C15H17FN4O2S. The molecular weight excluding hydrogens is 319 g/mol. The summed E-state index contributed by atoms with van der Waals surface area (Å²) in [7, 11) is 0. The Morgan fingerprint density at radius 1 is 1.22 bits per heavy atom. The van der Waals surface area contributed by atoms with Gasteiger partial charge in [-0.3, -0.25) is 14.9 Å². The van der Waals surface area contributed by atoms with Crippen LogP contribution in [0.3, 0.4) is 0 Å². The smallest absolute Gasteiger partial charge is 0.282 e. The van der Waals surface area contributed by atoms with Crippen molar-refractivity contribution >= 4 is 28.3 Å². The molecule has 23 heavy (non-hydrogen) atoms. The van der Waals surface area contributed by atoms with E-state index in [0.29, 0.717) is 0 Å². The van der Waals surface area contributed by atoms with Gasteiger partial charge in [-0.2, -0.15) is 0 Å². The first-order valence-electron chi connectivity index (χ1n) is 7.24. The third-order valence-electron chi connectivity index (χ3n) is 3.25. The highest BCUT2D eigenvalue weighted by molar-refractivity contribution is 7.17. The summed E-state index contributed by atoms with van der Waals surface area (Å²) in [5.41, 5.74) is 0.170. The first-order chi connectivity index (χ1) is 11.0. The van der Waals surface area contributed by atoms with Gasteiger partial charge in [-0.25, -0.2) is 4.39 Å². The molecule has 1 aromatic carbocycles. The van der Waals surface area contributed by atoms with Crippen LogP contribution in [0.1, 0.15) is 46.8 Å². The summed E-state index contributed by atoms with van der Waals surface area (Å²) in [4.78, 5) is 24.0. The van der Waals surface area contributed by atoms with Gasteiger partial charge in [-0.15, -0.1) is 10.2 Å². The van der Waals surface area contributed by atoms with Crippen molar-refractivity contribution in [3.63, 3.8) is 0 Å². The monoisotopic (exact) mass is 336 g/mol. The van der Waals surface area contributed by atoms with Crippen molar-refractivity contribution in [1.82, 2.24) is 15.5 Å². The molecule has 2 aromatic rings. The molecule has 122 valence electrons. The fourth-order valence-corrected chi connectivity index (χ4v) is 2.55. The first-order valence-corrected chi connectivity index (χ1v) is 8.06. The average Bonchev–Trinajstić information content (AvgIpc) is 3.01. The first kappa shape index (κ1) is 17.0. The molecule has 0 saturated carbocycles. The van der Waals surface area contributed by atoms with Gasteiger partial charge in [0.15, 0.2) is 0 Å². The second-order valence-electron chi connectivity index (χ2n) is 4.86. The van der Waals surface area contributed by atoms with E-state index < -0.39 is 11.7 Å². The Hall–Kier alpha value is -2.35. The van der Waals surface area contributed by atoms with Gasteiger partial charge in [0.25, 0.3) is 11.8 Å².